The van der Waals surface area contributed by atoms with Crippen molar-refractivity contribution < 1.29 is 15.0 Å². The number of nitrogens with one attached hydrogen (secondary N) is 1. The van der Waals surface area contributed by atoms with E-state index in [0.29, 0.717) is 24.9 Å². The van der Waals surface area contributed by atoms with Crippen LogP contribution in [0.4, 0.5) is 0 Å². The Kier molecular flexibility index (Phi) is 5.98. The van der Waals surface area contributed by atoms with Crippen LogP contribution < -0.4 is 0 Å². The maximum Gasteiger partial charge on any atom is 0.223 e. The fourth-order valence-electron chi connectivity index (χ4n) is 2.62. The second-order valence-electron chi connectivity index (χ2n) is 5.96. The van der Waals surface area contributed by atoms with Crippen molar-refractivity contribution in [3.63, 3.8) is 0 Å². The number of aryl methyl sites for hydroxylation is 2. The highest BCUT2D eigenvalue weighted by Gasteiger charge is 2.18. The Hall–Kier alpha value is -2.34. The number of phenolic OH excluding ortho intramolecular Hbond substituents is 1. The van der Waals surface area contributed by atoms with Crippen LogP contribution in [0.25, 0.3) is 0 Å². The van der Waals surface area contributed by atoms with Crippen molar-refractivity contribution in [2.24, 2.45) is 0 Å². The maximum atomic E-state index is 12.4. The van der Waals surface area contributed by atoms with Gasteiger partial charge in [-0.3, -0.25) is 9.89 Å². The van der Waals surface area contributed by atoms with E-state index in [-0.39, 0.29) is 18.2 Å². The zero-order valence-corrected chi connectivity index (χ0v) is 14.4. The summed E-state index contributed by atoms with van der Waals surface area (Å²) in [4.78, 5) is 14.1. The summed E-state index contributed by atoms with van der Waals surface area (Å²) < 4.78 is 0. The molecule has 0 aliphatic carbocycles. The molecule has 1 aromatic heterocycles. The lowest BCUT2D eigenvalue weighted by atomic mass is 10.1. The van der Waals surface area contributed by atoms with Crippen molar-refractivity contribution in [1.82, 2.24) is 15.1 Å². The van der Waals surface area contributed by atoms with Crippen molar-refractivity contribution in [3.8, 4) is 5.75 Å². The van der Waals surface area contributed by atoms with Crippen LogP contribution >= 0.6 is 0 Å². The smallest absolute Gasteiger partial charge is 0.223 e. The number of phenols is 1. The van der Waals surface area contributed by atoms with Gasteiger partial charge in [0.25, 0.3) is 0 Å². The number of aliphatic hydroxyl groups is 1. The molecule has 0 radical (unpaired) electrons. The molecule has 2 aromatic rings. The fraction of sp³-hybridized carbons (Fsp3) is 0.444. The molecule has 2 rings (SSSR count). The molecule has 0 aliphatic heterocycles. The summed E-state index contributed by atoms with van der Waals surface area (Å²) in [5, 5.41) is 26.9. The van der Waals surface area contributed by atoms with E-state index in [4.69, 9.17) is 0 Å². The molecule has 3 N–H and O–H groups in total. The van der Waals surface area contributed by atoms with Gasteiger partial charge >= 0.3 is 0 Å². The second-order valence-corrected chi connectivity index (χ2v) is 5.96. The van der Waals surface area contributed by atoms with Gasteiger partial charge in [0.2, 0.25) is 5.91 Å². The molecule has 1 aromatic carbocycles. The van der Waals surface area contributed by atoms with E-state index in [2.05, 4.69) is 10.2 Å². The number of H-pyrrole nitrogens is 1. The third-order valence-corrected chi connectivity index (χ3v) is 4.31. The van der Waals surface area contributed by atoms with E-state index in [1.54, 1.807) is 23.1 Å². The molecule has 0 fully saturated rings. The predicted octanol–water partition coefficient (Wildman–Crippen LogP) is 2.25. The standard InChI is InChI=1S/C18H25N3O3/c1-4-21(11-17(23)14-6-5-7-15(22)10-14)18(24)9-8-16-12(2)13(3)19-20-16/h5-7,10,17,22-23H,4,8-9,11H2,1-3H3,(H,19,20)/t17-/m0/s1. The topological polar surface area (TPSA) is 89.4 Å². The highest BCUT2D eigenvalue weighted by Crippen LogP contribution is 2.19. The summed E-state index contributed by atoms with van der Waals surface area (Å²) in [6.45, 7) is 6.56. The van der Waals surface area contributed by atoms with Crippen LogP contribution in [0.2, 0.25) is 0 Å². The van der Waals surface area contributed by atoms with E-state index in [1.165, 1.54) is 6.07 Å². The predicted molar refractivity (Wildman–Crippen MR) is 91.7 cm³/mol. The van der Waals surface area contributed by atoms with Crippen LogP contribution in [-0.4, -0.2) is 44.3 Å². The minimum absolute atomic E-state index is 0.0169. The number of amides is 1. The summed E-state index contributed by atoms with van der Waals surface area (Å²) in [7, 11) is 0. The molecular weight excluding hydrogens is 306 g/mol. The van der Waals surface area contributed by atoms with Crippen LogP contribution in [0.3, 0.4) is 0 Å². The first kappa shape index (κ1) is 18.0. The van der Waals surface area contributed by atoms with Gasteiger partial charge in [-0.1, -0.05) is 12.1 Å². The van der Waals surface area contributed by atoms with Gasteiger partial charge in [0.05, 0.1) is 18.3 Å². The fourth-order valence-corrected chi connectivity index (χ4v) is 2.62. The Balaban J connectivity index is 1.94. The van der Waals surface area contributed by atoms with Gasteiger partial charge in [0.15, 0.2) is 0 Å². The van der Waals surface area contributed by atoms with Gasteiger partial charge in [0, 0.05) is 25.1 Å². The van der Waals surface area contributed by atoms with Gasteiger partial charge in [-0.2, -0.15) is 5.10 Å². The van der Waals surface area contributed by atoms with E-state index in [1.807, 2.05) is 20.8 Å². The first-order valence-corrected chi connectivity index (χ1v) is 8.17. The van der Waals surface area contributed by atoms with E-state index in [9.17, 15) is 15.0 Å². The zero-order chi connectivity index (χ0) is 17.7. The lowest BCUT2D eigenvalue weighted by molar-refractivity contribution is -0.132. The van der Waals surface area contributed by atoms with Crippen LogP contribution in [-0.2, 0) is 11.2 Å². The number of carbonyl (C=O) groups is 1. The monoisotopic (exact) mass is 331 g/mol. The molecule has 1 heterocycles. The Morgan fingerprint density at radius 1 is 1.38 bits per heavy atom. The van der Waals surface area contributed by atoms with Crippen LogP contribution in [0.5, 0.6) is 5.75 Å². The molecule has 0 aliphatic rings. The molecule has 0 spiro atoms. The summed E-state index contributed by atoms with van der Waals surface area (Å²) in [5.41, 5.74) is 3.61. The molecule has 1 amide bonds. The highest BCUT2D eigenvalue weighted by molar-refractivity contribution is 5.76. The number of aliphatic hydroxyl groups excluding tert-OH is 1. The molecule has 0 saturated carbocycles. The minimum Gasteiger partial charge on any atom is -0.508 e. The number of rotatable bonds is 7. The molecule has 0 unspecified atom stereocenters. The largest absolute Gasteiger partial charge is 0.508 e. The second kappa shape index (κ2) is 7.97. The van der Waals surface area contributed by atoms with Gasteiger partial charge in [0.1, 0.15) is 5.75 Å². The molecule has 24 heavy (non-hydrogen) atoms. The Morgan fingerprint density at radius 2 is 2.12 bits per heavy atom. The number of likely N-dealkylation sites (N-methyl/N-ethyl adjacent to an activating group) is 1. The number of aromatic nitrogens is 2. The first-order chi connectivity index (χ1) is 11.4. The third kappa shape index (κ3) is 4.35. The summed E-state index contributed by atoms with van der Waals surface area (Å²) in [6.07, 6.45) is 0.106. The number of carbonyl (C=O) groups excluding carboxylic acids is 1. The molecule has 0 saturated heterocycles. The SMILES string of the molecule is CCN(C[C@H](O)c1cccc(O)c1)C(=O)CCc1n[nH]c(C)c1C. The van der Waals surface area contributed by atoms with Crippen molar-refractivity contribution in [1.29, 1.82) is 0 Å². The molecule has 0 bridgehead atoms. The normalized spacial score (nSPS) is 12.2. The number of hydrogen-bond acceptors (Lipinski definition) is 4. The van der Waals surface area contributed by atoms with E-state index in [0.717, 1.165) is 17.0 Å². The highest BCUT2D eigenvalue weighted by atomic mass is 16.3. The summed E-state index contributed by atoms with van der Waals surface area (Å²) in [6, 6.07) is 6.47. The van der Waals surface area contributed by atoms with Crippen LogP contribution in [0.15, 0.2) is 24.3 Å². The van der Waals surface area contributed by atoms with Gasteiger partial charge in [-0.05, 0) is 44.0 Å². The zero-order valence-electron chi connectivity index (χ0n) is 14.4. The van der Waals surface area contributed by atoms with Crippen molar-refractivity contribution >= 4 is 5.91 Å². The molecule has 1 atom stereocenters. The van der Waals surface area contributed by atoms with Gasteiger partial charge in [-0.15, -0.1) is 0 Å². The van der Waals surface area contributed by atoms with Crippen molar-refractivity contribution in [2.45, 2.75) is 39.7 Å². The number of nitrogens with zero attached hydrogens (tertiary/aromatic N) is 2. The Labute approximate surface area is 142 Å². The lowest BCUT2D eigenvalue weighted by Crippen LogP contribution is -2.34. The summed E-state index contributed by atoms with van der Waals surface area (Å²) in [5.74, 6) is 0.0852. The summed E-state index contributed by atoms with van der Waals surface area (Å²) >= 11 is 0. The first-order valence-electron chi connectivity index (χ1n) is 8.17. The van der Waals surface area contributed by atoms with Crippen molar-refractivity contribution in [3.05, 3.63) is 46.8 Å². The lowest BCUT2D eigenvalue weighted by Gasteiger charge is -2.24. The Morgan fingerprint density at radius 3 is 2.71 bits per heavy atom. The van der Waals surface area contributed by atoms with E-state index < -0.39 is 6.10 Å². The van der Waals surface area contributed by atoms with Gasteiger partial charge in [-0.25, -0.2) is 0 Å². The Bertz CT molecular complexity index is 697. The number of hydrogen-bond donors (Lipinski definition) is 3. The van der Waals surface area contributed by atoms with E-state index >= 15 is 0 Å². The van der Waals surface area contributed by atoms with Gasteiger partial charge < -0.3 is 15.1 Å². The molecular formula is C18H25N3O3. The number of aromatic amines is 1. The quantitative estimate of drug-likeness (QED) is 0.726. The average molecular weight is 331 g/mol. The number of aromatic hydroxyl groups is 1. The molecule has 130 valence electrons. The maximum absolute atomic E-state index is 12.4. The van der Waals surface area contributed by atoms with Crippen molar-refractivity contribution in [2.75, 3.05) is 13.1 Å². The average Bonchev–Trinajstić information content (AvgIpc) is 2.89. The third-order valence-electron chi connectivity index (χ3n) is 4.31. The number of benzene rings is 1. The molecule has 6 nitrogen and oxygen atoms in total. The van der Waals surface area contributed by atoms with Crippen LogP contribution in [0, 0.1) is 13.8 Å². The molecule has 6 heteroatoms. The van der Waals surface area contributed by atoms with Crippen LogP contribution in [0.1, 0.15) is 42.0 Å². The minimum atomic E-state index is -0.824.